The molecule has 4 heteroatoms. The van der Waals surface area contributed by atoms with Gasteiger partial charge in [0.05, 0.1) is 6.61 Å². The number of carbonyl (C=O) groups excluding carboxylic acids is 1. The second kappa shape index (κ2) is 7.43. The first-order valence-corrected chi connectivity index (χ1v) is 8.09. The fourth-order valence-corrected chi connectivity index (χ4v) is 2.97. The number of fused-ring (bicyclic) bond motifs is 1. The molecule has 1 aliphatic rings. The normalized spacial score (nSPS) is 18.8. The predicted octanol–water partition coefficient (Wildman–Crippen LogP) is 2.74. The smallest absolute Gasteiger partial charge is 0.241 e. The fourth-order valence-electron chi connectivity index (χ4n) is 2.97. The second-order valence-electron chi connectivity index (χ2n) is 6.09. The second-order valence-corrected chi connectivity index (χ2v) is 6.09. The van der Waals surface area contributed by atoms with Crippen LogP contribution in [0.25, 0.3) is 6.08 Å². The standard InChI is InChI=1S/C20H22N2O2/c1-22-11-12-24-20(16-5-3-2-4-6-16)18-13-15(8-10-19(21)23)7-9-17(18)14-22/h2-10,13,20H,11-12,14H2,1H3,(H2,21,23)/b10-8+. The third-order valence-electron chi connectivity index (χ3n) is 4.19. The van der Waals surface area contributed by atoms with Crippen molar-refractivity contribution in [2.75, 3.05) is 20.2 Å². The fraction of sp³-hybridized carbons (Fsp3) is 0.250. The van der Waals surface area contributed by atoms with Gasteiger partial charge in [-0.25, -0.2) is 0 Å². The summed E-state index contributed by atoms with van der Waals surface area (Å²) in [5, 5.41) is 0. The van der Waals surface area contributed by atoms with Crippen molar-refractivity contribution in [3.63, 3.8) is 0 Å². The van der Waals surface area contributed by atoms with Crippen LogP contribution in [0, 0.1) is 0 Å². The SMILES string of the molecule is CN1CCOC(c2ccccc2)c2cc(/C=C/C(N)=O)ccc2C1. The maximum Gasteiger partial charge on any atom is 0.241 e. The first-order valence-electron chi connectivity index (χ1n) is 8.09. The van der Waals surface area contributed by atoms with E-state index in [-0.39, 0.29) is 6.10 Å². The van der Waals surface area contributed by atoms with Crippen LogP contribution < -0.4 is 5.73 Å². The van der Waals surface area contributed by atoms with Crippen LogP contribution >= 0.6 is 0 Å². The van der Waals surface area contributed by atoms with E-state index in [2.05, 4.69) is 36.2 Å². The largest absolute Gasteiger partial charge is 0.367 e. The number of likely N-dealkylation sites (N-methyl/N-ethyl adjacent to an activating group) is 1. The van der Waals surface area contributed by atoms with Gasteiger partial charge in [0.1, 0.15) is 6.10 Å². The lowest BCUT2D eigenvalue weighted by atomic mass is 9.93. The van der Waals surface area contributed by atoms with Gasteiger partial charge in [-0.3, -0.25) is 9.69 Å². The zero-order chi connectivity index (χ0) is 16.9. The Morgan fingerprint density at radius 1 is 1.25 bits per heavy atom. The van der Waals surface area contributed by atoms with Crippen molar-refractivity contribution < 1.29 is 9.53 Å². The number of benzene rings is 2. The Morgan fingerprint density at radius 3 is 2.79 bits per heavy atom. The maximum absolute atomic E-state index is 11.0. The Bertz CT molecular complexity index is 741. The van der Waals surface area contributed by atoms with Crippen LogP contribution in [-0.4, -0.2) is 31.0 Å². The first-order chi connectivity index (χ1) is 11.6. The molecule has 0 spiro atoms. The van der Waals surface area contributed by atoms with Gasteiger partial charge >= 0.3 is 0 Å². The highest BCUT2D eigenvalue weighted by Crippen LogP contribution is 2.31. The summed E-state index contributed by atoms with van der Waals surface area (Å²) in [5.74, 6) is -0.447. The van der Waals surface area contributed by atoms with Crippen LogP contribution in [-0.2, 0) is 16.1 Å². The van der Waals surface area contributed by atoms with Crippen molar-refractivity contribution in [3.8, 4) is 0 Å². The number of primary amides is 1. The van der Waals surface area contributed by atoms with Gasteiger partial charge in [0.2, 0.25) is 5.91 Å². The molecule has 1 unspecified atom stereocenters. The molecule has 24 heavy (non-hydrogen) atoms. The van der Waals surface area contributed by atoms with Gasteiger partial charge in [-0.1, -0.05) is 42.5 Å². The van der Waals surface area contributed by atoms with Gasteiger partial charge in [-0.2, -0.15) is 0 Å². The summed E-state index contributed by atoms with van der Waals surface area (Å²) in [4.78, 5) is 13.2. The van der Waals surface area contributed by atoms with E-state index in [0.717, 1.165) is 29.8 Å². The van der Waals surface area contributed by atoms with Crippen LogP contribution in [0.5, 0.6) is 0 Å². The van der Waals surface area contributed by atoms with E-state index in [9.17, 15) is 4.79 Å². The van der Waals surface area contributed by atoms with Gasteiger partial charge in [-0.15, -0.1) is 0 Å². The van der Waals surface area contributed by atoms with Crippen molar-refractivity contribution in [1.29, 1.82) is 0 Å². The van der Waals surface area contributed by atoms with E-state index in [0.29, 0.717) is 6.61 Å². The molecule has 0 bridgehead atoms. The number of hydrogen-bond donors (Lipinski definition) is 1. The van der Waals surface area contributed by atoms with E-state index in [1.807, 2.05) is 24.3 Å². The first kappa shape index (κ1) is 16.4. The Hall–Kier alpha value is -2.43. The Labute approximate surface area is 142 Å². The Morgan fingerprint density at radius 2 is 2.04 bits per heavy atom. The summed E-state index contributed by atoms with van der Waals surface area (Å²) in [7, 11) is 2.09. The molecular weight excluding hydrogens is 300 g/mol. The lowest BCUT2D eigenvalue weighted by Crippen LogP contribution is -2.27. The summed E-state index contributed by atoms with van der Waals surface area (Å²) >= 11 is 0. The molecule has 0 saturated heterocycles. The van der Waals surface area contributed by atoms with Crippen LogP contribution in [0.4, 0.5) is 0 Å². The van der Waals surface area contributed by atoms with Crippen LogP contribution in [0.3, 0.4) is 0 Å². The highest BCUT2D eigenvalue weighted by atomic mass is 16.5. The Balaban J connectivity index is 2.05. The van der Waals surface area contributed by atoms with Crippen molar-refractivity contribution in [1.82, 2.24) is 4.90 Å². The molecule has 0 aromatic heterocycles. The highest BCUT2D eigenvalue weighted by Gasteiger charge is 2.21. The van der Waals surface area contributed by atoms with Gasteiger partial charge in [0.15, 0.2) is 0 Å². The topological polar surface area (TPSA) is 55.6 Å². The van der Waals surface area contributed by atoms with E-state index >= 15 is 0 Å². The number of ether oxygens (including phenoxy) is 1. The van der Waals surface area contributed by atoms with Crippen molar-refractivity contribution in [3.05, 3.63) is 76.9 Å². The third kappa shape index (κ3) is 3.91. The molecule has 0 radical (unpaired) electrons. The van der Waals surface area contributed by atoms with Gasteiger partial charge in [-0.05, 0) is 41.4 Å². The summed E-state index contributed by atoms with van der Waals surface area (Å²) in [6.07, 6.45) is 3.03. The minimum atomic E-state index is -0.447. The zero-order valence-corrected chi connectivity index (χ0v) is 13.8. The molecule has 0 fully saturated rings. The molecule has 1 aliphatic heterocycles. The summed E-state index contributed by atoms with van der Waals surface area (Å²) in [6, 6.07) is 16.4. The average molecular weight is 322 g/mol. The number of hydrogen-bond acceptors (Lipinski definition) is 3. The van der Waals surface area contributed by atoms with E-state index in [1.54, 1.807) is 6.08 Å². The molecule has 0 saturated carbocycles. The summed E-state index contributed by atoms with van der Waals surface area (Å²) in [5.41, 5.74) is 9.66. The lowest BCUT2D eigenvalue weighted by Gasteiger charge is -2.28. The minimum Gasteiger partial charge on any atom is -0.367 e. The summed E-state index contributed by atoms with van der Waals surface area (Å²) in [6.45, 7) is 2.45. The van der Waals surface area contributed by atoms with Crippen LogP contribution in [0.2, 0.25) is 0 Å². The monoisotopic (exact) mass is 322 g/mol. The van der Waals surface area contributed by atoms with Gasteiger partial charge in [0.25, 0.3) is 0 Å². The predicted molar refractivity (Wildman–Crippen MR) is 95.2 cm³/mol. The molecule has 2 aromatic carbocycles. The van der Waals surface area contributed by atoms with Gasteiger partial charge in [0, 0.05) is 19.2 Å². The van der Waals surface area contributed by atoms with Gasteiger partial charge < -0.3 is 10.5 Å². The molecule has 4 nitrogen and oxygen atoms in total. The number of nitrogens with two attached hydrogens (primary N) is 1. The number of rotatable bonds is 3. The number of nitrogens with zero attached hydrogens (tertiary/aromatic N) is 1. The summed E-state index contributed by atoms with van der Waals surface area (Å²) < 4.78 is 6.19. The van der Waals surface area contributed by atoms with Crippen molar-refractivity contribution in [2.45, 2.75) is 12.6 Å². The van der Waals surface area contributed by atoms with Crippen LogP contribution in [0.1, 0.15) is 28.4 Å². The zero-order valence-electron chi connectivity index (χ0n) is 13.8. The molecule has 1 amide bonds. The molecule has 2 aromatic rings. The van der Waals surface area contributed by atoms with Crippen molar-refractivity contribution >= 4 is 12.0 Å². The Kier molecular flexibility index (Phi) is 5.08. The number of amides is 1. The molecule has 2 N–H and O–H groups in total. The van der Waals surface area contributed by atoms with E-state index in [4.69, 9.17) is 10.5 Å². The molecule has 3 rings (SSSR count). The lowest BCUT2D eigenvalue weighted by molar-refractivity contribution is -0.113. The van der Waals surface area contributed by atoms with Crippen LogP contribution in [0.15, 0.2) is 54.6 Å². The number of carbonyl (C=O) groups is 1. The molecule has 1 atom stereocenters. The average Bonchev–Trinajstić information content (AvgIpc) is 2.57. The molecular formula is C20H22N2O2. The van der Waals surface area contributed by atoms with Crippen molar-refractivity contribution in [2.24, 2.45) is 5.73 Å². The highest BCUT2D eigenvalue weighted by molar-refractivity contribution is 5.90. The molecule has 124 valence electrons. The maximum atomic E-state index is 11.0. The minimum absolute atomic E-state index is 0.100. The van der Waals surface area contributed by atoms with E-state index in [1.165, 1.54) is 11.6 Å². The quantitative estimate of drug-likeness (QED) is 0.884. The molecule has 1 heterocycles. The molecule has 0 aliphatic carbocycles. The van der Waals surface area contributed by atoms with E-state index < -0.39 is 5.91 Å². The third-order valence-corrected chi connectivity index (χ3v) is 4.19.